The van der Waals surface area contributed by atoms with Crippen LogP contribution in [0.15, 0.2) is 64.3 Å². The molecule has 0 bridgehead atoms. The first-order valence-electron chi connectivity index (χ1n) is 7.83. The van der Waals surface area contributed by atoms with Gasteiger partial charge in [-0.3, -0.25) is 9.36 Å². The Morgan fingerprint density at radius 2 is 1.85 bits per heavy atom. The van der Waals surface area contributed by atoms with Crippen molar-refractivity contribution in [3.63, 3.8) is 0 Å². The van der Waals surface area contributed by atoms with Crippen LogP contribution < -0.4 is 10.7 Å². The van der Waals surface area contributed by atoms with Crippen LogP contribution in [0.25, 0.3) is 11.8 Å². The van der Waals surface area contributed by atoms with Gasteiger partial charge in [-0.1, -0.05) is 24.3 Å². The standard InChI is InChI=1S/C19H13N3O2S2/c1-11(23)12-5-4-6-13(9-12)22-18(24)16(26-19(22)25)10-17-20-14-7-2-3-8-15(14)21-17/h2-10,24H,1H3. The molecule has 0 fully saturated rings. The van der Waals surface area contributed by atoms with Gasteiger partial charge in [-0.05, 0) is 43.4 Å². The van der Waals surface area contributed by atoms with E-state index in [1.807, 2.05) is 24.3 Å². The number of aromatic nitrogens is 1. The number of hydrogen-bond donors (Lipinski definition) is 1. The van der Waals surface area contributed by atoms with Crippen molar-refractivity contribution in [2.24, 2.45) is 9.98 Å². The van der Waals surface area contributed by atoms with E-state index in [-0.39, 0.29) is 11.7 Å². The first-order valence-corrected chi connectivity index (χ1v) is 9.06. The lowest BCUT2D eigenvalue weighted by molar-refractivity contribution is 0.101. The van der Waals surface area contributed by atoms with Crippen LogP contribution >= 0.6 is 23.6 Å². The minimum atomic E-state index is -0.0447. The average Bonchev–Trinajstić information content (AvgIpc) is 3.15. The Balaban J connectivity index is 1.80. The summed E-state index contributed by atoms with van der Waals surface area (Å²) in [4.78, 5) is 21.1. The average molecular weight is 379 g/mol. The smallest absolute Gasteiger partial charge is 0.215 e. The number of ketones is 1. The van der Waals surface area contributed by atoms with Crippen LogP contribution in [0.2, 0.25) is 0 Å². The Morgan fingerprint density at radius 1 is 1.15 bits per heavy atom. The van der Waals surface area contributed by atoms with Gasteiger partial charge in [0, 0.05) is 11.6 Å². The topological polar surface area (TPSA) is 67.0 Å². The normalized spacial score (nSPS) is 12.3. The molecule has 1 aliphatic heterocycles. The molecular formula is C19H13N3O2S2. The van der Waals surface area contributed by atoms with Gasteiger partial charge in [0.2, 0.25) is 5.88 Å². The minimum absolute atomic E-state index is 0.00885. The van der Waals surface area contributed by atoms with E-state index in [1.54, 1.807) is 34.9 Å². The number of Topliss-reactive ketones (excluding diaryl/α,β-unsaturated/α-hetero) is 1. The molecule has 0 unspecified atom stereocenters. The van der Waals surface area contributed by atoms with Crippen molar-refractivity contribution >= 4 is 35.4 Å². The Labute approximate surface area is 157 Å². The molecule has 0 saturated heterocycles. The largest absolute Gasteiger partial charge is 0.493 e. The van der Waals surface area contributed by atoms with E-state index in [2.05, 4.69) is 9.98 Å². The second kappa shape index (κ2) is 6.44. The van der Waals surface area contributed by atoms with Crippen molar-refractivity contribution in [1.82, 2.24) is 4.57 Å². The van der Waals surface area contributed by atoms with Crippen LogP contribution in [0.4, 0.5) is 0 Å². The van der Waals surface area contributed by atoms with Gasteiger partial charge in [-0.2, -0.15) is 0 Å². The molecule has 26 heavy (non-hydrogen) atoms. The van der Waals surface area contributed by atoms with Crippen molar-refractivity contribution in [2.75, 3.05) is 0 Å². The fourth-order valence-electron chi connectivity index (χ4n) is 2.67. The number of fused-ring (bicyclic) bond motifs is 1. The molecule has 0 aliphatic carbocycles. The Kier molecular flexibility index (Phi) is 4.10. The highest BCUT2D eigenvalue weighted by molar-refractivity contribution is 7.73. The van der Waals surface area contributed by atoms with Crippen molar-refractivity contribution in [3.05, 3.63) is 79.5 Å². The number of thiazole rings is 1. The Bertz CT molecular complexity index is 1220. The molecule has 5 nitrogen and oxygen atoms in total. The fraction of sp³-hybridized carbons (Fsp3) is 0.0526. The van der Waals surface area contributed by atoms with Crippen molar-refractivity contribution < 1.29 is 9.90 Å². The number of rotatable bonds is 3. The highest BCUT2D eigenvalue weighted by atomic mass is 32.1. The minimum Gasteiger partial charge on any atom is -0.493 e. The molecule has 0 saturated carbocycles. The van der Waals surface area contributed by atoms with E-state index < -0.39 is 0 Å². The van der Waals surface area contributed by atoms with Gasteiger partial charge < -0.3 is 5.11 Å². The summed E-state index contributed by atoms with van der Waals surface area (Å²) in [6.07, 6.45) is 1.71. The molecule has 2 aromatic carbocycles. The maximum absolute atomic E-state index is 11.6. The van der Waals surface area contributed by atoms with Gasteiger partial charge in [0.15, 0.2) is 15.6 Å². The van der Waals surface area contributed by atoms with Gasteiger partial charge in [0.05, 0.1) is 21.3 Å². The third-order valence-corrected chi connectivity index (χ3v) is 5.24. The second-order valence-corrected chi connectivity index (χ2v) is 7.39. The van der Waals surface area contributed by atoms with Gasteiger partial charge in [-0.15, -0.1) is 11.3 Å². The number of hydrogen-bond acceptors (Lipinski definition) is 6. The van der Waals surface area contributed by atoms with E-state index in [1.165, 1.54) is 18.3 Å². The lowest BCUT2D eigenvalue weighted by atomic mass is 10.1. The van der Waals surface area contributed by atoms with Crippen LogP contribution in [-0.2, 0) is 0 Å². The zero-order valence-corrected chi connectivity index (χ0v) is 15.3. The summed E-state index contributed by atoms with van der Waals surface area (Å²) in [6, 6.07) is 14.6. The first-order chi connectivity index (χ1) is 12.5. The summed E-state index contributed by atoms with van der Waals surface area (Å²) in [5, 5.41) is 12.3. The highest BCUT2D eigenvalue weighted by Gasteiger charge is 2.14. The first kappa shape index (κ1) is 16.6. The zero-order valence-electron chi connectivity index (χ0n) is 13.7. The predicted molar refractivity (Wildman–Crippen MR) is 103 cm³/mol. The number of benzene rings is 2. The molecular weight excluding hydrogens is 366 g/mol. The van der Waals surface area contributed by atoms with Crippen molar-refractivity contribution in [3.8, 4) is 11.6 Å². The number of aromatic hydroxyl groups is 1. The number of nitrogens with zero attached hydrogens (tertiary/aromatic N) is 3. The molecule has 1 N–H and O–H groups in total. The summed E-state index contributed by atoms with van der Waals surface area (Å²) in [5.41, 5.74) is 1.20. The fourth-order valence-corrected chi connectivity index (χ4v) is 3.95. The monoisotopic (exact) mass is 379 g/mol. The quantitative estimate of drug-likeness (QED) is 0.560. The molecule has 0 radical (unpaired) electrons. The summed E-state index contributed by atoms with van der Waals surface area (Å²) in [5.74, 6) is 0.480. The molecule has 7 heteroatoms. The molecule has 4 rings (SSSR count). The van der Waals surface area contributed by atoms with Gasteiger partial charge in [-0.25, -0.2) is 9.98 Å². The van der Waals surface area contributed by atoms with Crippen LogP contribution in [0, 0.1) is 3.95 Å². The summed E-state index contributed by atoms with van der Waals surface area (Å²) >= 11 is 6.67. The third-order valence-electron chi connectivity index (χ3n) is 3.93. The van der Waals surface area contributed by atoms with E-state index in [0.717, 1.165) is 10.7 Å². The Hall–Kier alpha value is -2.90. The Morgan fingerprint density at radius 3 is 2.50 bits per heavy atom. The van der Waals surface area contributed by atoms with E-state index in [9.17, 15) is 9.90 Å². The second-order valence-electron chi connectivity index (χ2n) is 5.71. The van der Waals surface area contributed by atoms with Crippen molar-refractivity contribution in [2.45, 2.75) is 6.92 Å². The highest BCUT2D eigenvalue weighted by Crippen LogP contribution is 2.32. The summed E-state index contributed by atoms with van der Waals surface area (Å²) < 4.78 is 2.02. The lowest BCUT2D eigenvalue weighted by Crippen LogP contribution is -2.19. The van der Waals surface area contributed by atoms with E-state index in [4.69, 9.17) is 12.2 Å². The molecule has 0 amide bonds. The summed E-state index contributed by atoms with van der Waals surface area (Å²) in [7, 11) is 0. The zero-order chi connectivity index (χ0) is 18.3. The van der Waals surface area contributed by atoms with E-state index in [0.29, 0.717) is 25.9 Å². The number of para-hydroxylation sites is 2. The maximum atomic E-state index is 11.6. The van der Waals surface area contributed by atoms with Gasteiger partial charge in [0.1, 0.15) is 0 Å². The SMILES string of the molecule is CC(=O)c1cccc(-n2c(O)c(C=C3N=c4ccccc4=N3)sc2=S)c1. The molecule has 1 aliphatic rings. The van der Waals surface area contributed by atoms with Crippen LogP contribution in [0.5, 0.6) is 5.88 Å². The predicted octanol–water partition coefficient (Wildman–Crippen LogP) is 3.43. The molecule has 1 aromatic heterocycles. The lowest BCUT2D eigenvalue weighted by Gasteiger charge is -2.06. The number of carbonyl (C=O) groups is 1. The third kappa shape index (κ3) is 2.91. The molecule has 0 spiro atoms. The maximum Gasteiger partial charge on any atom is 0.215 e. The molecule has 0 atom stereocenters. The van der Waals surface area contributed by atoms with Crippen LogP contribution in [-0.4, -0.2) is 15.5 Å². The molecule has 2 heterocycles. The molecule has 3 aromatic rings. The van der Waals surface area contributed by atoms with Gasteiger partial charge >= 0.3 is 0 Å². The van der Waals surface area contributed by atoms with Gasteiger partial charge in [0.25, 0.3) is 0 Å². The van der Waals surface area contributed by atoms with Crippen LogP contribution in [0.1, 0.15) is 22.2 Å². The number of carbonyl (C=O) groups excluding carboxylic acids is 1. The molecule has 128 valence electrons. The summed E-state index contributed by atoms with van der Waals surface area (Å²) in [6.45, 7) is 1.50. The van der Waals surface area contributed by atoms with Crippen LogP contribution in [0.3, 0.4) is 0 Å². The van der Waals surface area contributed by atoms with E-state index >= 15 is 0 Å². The van der Waals surface area contributed by atoms with Crippen molar-refractivity contribution in [1.29, 1.82) is 0 Å².